The highest BCUT2D eigenvalue weighted by Gasteiger charge is 2.35. The fourth-order valence-electron chi connectivity index (χ4n) is 4.56. The van der Waals surface area contributed by atoms with E-state index < -0.39 is 0 Å². The Bertz CT molecular complexity index is 1350. The third-order valence-electron chi connectivity index (χ3n) is 6.79. The maximum atomic E-state index is 13.6. The van der Waals surface area contributed by atoms with Gasteiger partial charge in [-0.25, -0.2) is 4.79 Å². The molecule has 0 radical (unpaired) electrons. The number of carbonyl (C=O) groups excluding carboxylic acids is 2. The molecule has 0 spiro atoms. The summed E-state index contributed by atoms with van der Waals surface area (Å²) in [4.78, 5) is 34.9. The number of fused-ring (bicyclic) bond motifs is 1. The van der Waals surface area contributed by atoms with E-state index >= 15 is 0 Å². The number of benzene rings is 3. The molecule has 37 heavy (non-hydrogen) atoms. The maximum Gasteiger partial charge on any atom is 0.322 e. The van der Waals surface area contributed by atoms with Crippen LogP contribution < -0.4 is 5.32 Å². The summed E-state index contributed by atoms with van der Waals surface area (Å²) in [5.74, 6) is -0.0384. The van der Waals surface area contributed by atoms with Crippen LogP contribution in [0.15, 0.2) is 90.0 Å². The van der Waals surface area contributed by atoms with Gasteiger partial charge in [0.1, 0.15) is 6.54 Å². The minimum Gasteiger partial charge on any atom is -0.361 e. The van der Waals surface area contributed by atoms with Crippen LogP contribution in [0.2, 0.25) is 0 Å². The second-order valence-electron chi connectivity index (χ2n) is 9.43. The Morgan fingerprint density at radius 1 is 0.973 bits per heavy atom. The number of amides is 3. The molecule has 7 heteroatoms. The number of rotatable bonds is 10. The van der Waals surface area contributed by atoms with E-state index in [0.29, 0.717) is 13.1 Å². The van der Waals surface area contributed by atoms with Gasteiger partial charge in [-0.15, -0.1) is 11.8 Å². The van der Waals surface area contributed by atoms with Gasteiger partial charge >= 0.3 is 6.03 Å². The molecular formula is C30H32N4O2S. The number of para-hydroxylation sites is 1. The maximum absolute atomic E-state index is 13.6. The van der Waals surface area contributed by atoms with Gasteiger partial charge in [0, 0.05) is 46.8 Å². The van der Waals surface area contributed by atoms with Crippen molar-refractivity contribution in [2.75, 3.05) is 24.7 Å². The van der Waals surface area contributed by atoms with E-state index in [2.05, 4.69) is 22.4 Å². The highest BCUT2D eigenvalue weighted by Crippen LogP contribution is 2.28. The Morgan fingerprint density at radius 2 is 1.70 bits per heavy atom. The summed E-state index contributed by atoms with van der Waals surface area (Å²) < 4.78 is 0. The molecule has 1 heterocycles. The summed E-state index contributed by atoms with van der Waals surface area (Å²) in [5.41, 5.74) is 4.10. The van der Waals surface area contributed by atoms with E-state index in [1.807, 2.05) is 84.1 Å². The first-order chi connectivity index (χ1) is 18.1. The van der Waals surface area contributed by atoms with Crippen molar-refractivity contribution in [3.63, 3.8) is 0 Å². The number of aromatic nitrogens is 1. The number of anilines is 1. The number of hydrogen-bond acceptors (Lipinski definition) is 3. The van der Waals surface area contributed by atoms with Crippen LogP contribution in [-0.2, 0) is 17.8 Å². The number of thioether (sulfide) groups is 1. The number of H-pyrrole nitrogens is 1. The zero-order chi connectivity index (χ0) is 25.6. The molecule has 190 valence electrons. The zero-order valence-electron chi connectivity index (χ0n) is 21.0. The molecule has 6 nitrogen and oxygen atoms in total. The first kappa shape index (κ1) is 25.0. The Morgan fingerprint density at radius 3 is 2.43 bits per heavy atom. The second-order valence-corrected chi connectivity index (χ2v) is 10.3. The molecule has 3 amide bonds. The van der Waals surface area contributed by atoms with Crippen LogP contribution in [0.25, 0.3) is 10.9 Å². The highest BCUT2D eigenvalue weighted by atomic mass is 32.2. The fraction of sp³-hybridized carbons (Fsp3) is 0.267. The van der Waals surface area contributed by atoms with Crippen molar-refractivity contribution in [3.8, 4) is 0 Å². The van der Waals surface area contributed by atoms with Crippen molar-refractivity contribution in [2.24, 2.45) is 0 Å². The van der Waals surface area contributed by atoms with E-state index in [-0.39, 0.29) is 24.5 Å². The molecule has 0 saturated heterocycles. The largest absolute Gasteiger partial charge is 0.361 e. The van der Waals surface area contributed by atoms with Crippen molar-refractivity contribution >= 4 is 40.3 Å². The van der Waals surface area contributed by atoms with Crippen molar-refractivity contribution in [2.45, 2.75) is 36.7 Å². The van der Waals surface area contributed by atoms with Gasteiger partial charge in [0.05, 0.1) is 0 Å². The standard InChI is InChI=1S/C30H32N4O2S/c1-37-26-15-11-24(12-16-26)32-30(36)34(25-13-14-25)21-29(35)33(20-22-7-3-2-4-8-22)18-17-23-19-31-28-10-6-5-9-27(23)28/h2-12,15-16,19,25,31H,13-14,17-18,20-21H2,1H3,(H,32,36). The van der Waals surface area contributed by atoms with Crippen LogP contribution in [-0.4, -0.2) is 52.1 Å². The van der Waals surface area contributed by atoms with Gasteiger partial charge in [0.2, 0.25) is 5.91 Å². The lowest BCUT2D eigenvalue weighted by Crippen LogP contribution is -2.45. The lowest BCUT2D eigenvalue weighted by molar-refractivity contribution is -0.132. The van der Waals surface area contributed by atoms with Gasteiger partial charge in [0.15, 0.2) is 0 Å². The summed E-state index contributed by atoms with van der Waals surface area (Å²) in [6.07, 6.45) is 6.65. The molecule has 1 aliphatic carbocycles. The van der Waals surface area contributed by atoms with Crippen LogP contribution >= 0.6 is 11.8 Å². The quantitative estimate of drug-likeness (QED) is 0.250. The van der Waals surface area contributed by atoms with E-state index in [0.717, 1.165) is 40.9 Å². The molecule has 1 saturated carbocycles. The summed E-state index contributed by atoms with van der Waals surface area (Å²) in [7, 11) is 0. The average molecular weight is 513 g/mol. The van der Waals surface area contributed by atoms with Gasteiger partial charge in [-0.2, -0.15) is 0 Å². The fourth-order valence-corrected chi connectivity index (χ4v) is 4.97. The molecule has 4 aromatic rings. The van der Waals surface area contributed by atoms with Gasteiger partial charge in [-0.3, -0.25) is 4.79 Å². The van der Waals surface area contributed by atoms with Crippen molar-refractivity contribution in [1.82, 2.24) is 14.8 Å². The number of carbonyl (C=O) groups is 2. The van der Waals surface area contributed by atoms with E-state index in [4.69, 9.17) is 0 Å². The number of nitrogens with zero attached hydrogens (tertiary/aromatic N) is 2. The molecule has 1 aromatic heterocycles. The molecule has 0 aliphatic heterocycles. The van der Waals surface area contributed by atoms with Crippen LogP contribution in [0.5, 0.6) is 0 Å². The Kier molecular flexibility index (Phi) is 7.80. The number of nitrogens with one attached hydrogen (secondary N) is 2. The van der Waals surface area contributed by atoms with Gasteiger partial charge < -0.3 is 20.1 Å². The van der Waals surface area contributed by atoms with Gasteiger partial charge in [0.25, 0.3) is 0 Å². The van der Waals surface area contributed by atoms with Crippen LogP contribution in [0, 0.1) is 0 Å². The van der Waals surface area contributed by atoms with E-state index in [9.17, 15) is 9.59 Å². The monoisotopic (exact) mass is 512 g/mol. The summed E-state index contributed by atoms with van der Waals surface area (Å²) in [5, 5.41) is 4.17. The molecule has 0 bridgehead atoms. The summed E-state index contributed by atoms with van der Waals surface area (Å²) >= 11 is 1.66. The lowest BCUT2D eigenvalue weighted by atomic mass is 10.1. The van der Waals surface area contributed by atoms with Crippen molar-refractivity contribution in [1.29, 1.82) is 0 Å². The van der Waals surface area contributed by atoms with Crippen LogP contribution in [0.3, 0.4) is 0 Å². The van der Waals surface area contributed by atoms with Gasteiger partial charge in [-0.1, -0.05) is 48.5 Å². The molecule has 0 unspecified atom stereocenters. The summed E-state index contributed by atoms with van der Waals surface area (Å²) in [6.45, 7) is 1.16. The third-order valence-corrected chi connectivity index (χ3v) is 7.53. The predicted octanol–water partition coefficient (Wildman–Crippen LogP) is 6.16. The molecule has 2 N–H and O–H groups in total. The molecule has 3 aromatic carbocycles. The van der Waals surface area contributed by atoms with E-state index in [1.165, 1.54) is 10.9 Å². The van der Waals surface area contributed by atoms with Crippen LogP contribution in [0.1, 0.15) is 24.0 Å². The minimum absolute atomic E-state index is 0.0384. The Hall–Kier alpha value is -3.71. The topological polar surface area (TPSA) is 68.4 Å². The second kappa shape index (κ2) is 11.6. The normalized spacial score (nSPS) is 12.9. The SMILES string of the molecule is CSc1ccc(NC(=O)N(CC(=O)N(CCc2c[nH]c3ccccc23)Cc2ccccc2)C2CC2)cc1. The molecular weight excluding hydrogens is 480 g/mol. The molecule has 0 atom stereocenters. The van der Waals surface area contributed by atoms with Crippen molar-refractivity contribution in [3.05, 3.63) is 96.2 Å². The highest BCUT2D eigenvalue weighted by molar-refractivity contribution is 7.98. The predicted molar refractivity (Wildman–Crippen MR) is 151 cm³/mol. The van der Waals surface area contributed by atoms with E-state index in [1.54, 1.807) is 16.7 Å². The number of hydrogen-bond donors (Lipinski definition) is 2. The zero-order valence-corrected chi connectivity index (χ0v) is 21.8. The minimum atomic E-state index is -0.218. The molecule has 1 fully saturated rings. The Labute approximate surface area is 222 Å². The summed E-state index contributed by atoms with van der Waals surface area (Å²) in [6, 6.07) is 25.9. The van der Waals surface area contributed by atoms with Gasteiger partial charge in [-0.05, 0) is 67.0 Å². The van der Waals surface area contributed by atoms with Crippen molar-refractivity contribution < 1.29 is 9.59 Å². The molecule has 5 rings (SSSR count). The average Bonchev–Trinajstić information content (AvgIpc) is 3.69. The lowest BCUT2D eigenvalue weighted by Gasteiger charge is -2.28. The first-order valence-corrected chi connectivity index (χ1v) is 13.9. The number of aromatic amines is 1. The van der Waals surface area contributed by atoms with Crippen LogP contribution in [0.4, 0.5) is 10.5 Å². The number of urea groups is 1. The Balaban J connectivity index is 1.29. The smallest absolute Gasteiger partial charge is 0.322 e. The molecule has 1 aliphatic rings. The first-order valence-electron chi connectivity index (χ1n) is 12.7. The third kappa shape index (κ3) is 6.35.